The van der Waals surface area contributed by atoms with Crippen molar-refractivity contribution in [2.75, 3.05) is 36.4 Å². The number of carbonyl (C=O) groups excluding carboxylic acids is 2. The van der Waals surface area contributed by atoms with E-state index in [9.17, 15) is 9.59 Å². The van der Waals surface area contributed by atoms with Gasteiger partial charge in [0.2, 0.25) is 5.91 Å². The van der Waals surface area contributed by atoms with Gasteiger partial charge in [0.05, 0.1) is 6.33 Å². The summed E-state index contributed by atoms with van der Waals surface area (Å²) in [5, 5.41) is 7.16. The zero-order valence-corrected chi connectivity index (χ0v) is 18.8. The fraction of sp³-hybridized carbons (Fsp3) is 0.304. The predicted molar refractivity (Wildman–Crippen MR) is 126 cm³/mol. The number of fused-ring (bicyclic) bond motifs is 1. The summed E-state index contributed by atoms with van der Waals surface area (Å²) in [4.78, 5) is 42.0. The molecule has 5 rings (SSSR count). The van der Waals surface area contributed by atoms with Crippen molar-refractivity contribution in [3.63, 3.8) is 0 Å². The van der Waals surface area contributed by atoms with Crippen molar-refractivity contribution in [2.24, 2.45) is 0 Å². The van der Waals surface area contributed by atoms with E-state index in [1.807, 2.05) is 28.7 Å². The van der Waals surface area contributed by atoms with Gasteiger partial charge in [0.1, 0.15) is 12.1 Å². The lowest BCUT2D eigenvalue weighted by molar-refractivity contribution is -0.116. The highest BCUT2D eigenvalue weighted by molar-refractivity contribution is 5.97. The predicted octanol–water partition coefficient (Wildman–Crippen LogP) is 1.62. The van der Waals surface area contributed by atoms with Crippen LogP contribution in [-0.2, 0) is 11.3 Å². The van der Waals surface area contributed by atoms with Gasteiger partial charge >= 0.3 is 0 Å². The molecule has 1 aliphatic rings. The Kier molecular flexibility index (Phi) is 5.90. The zero-order chi connectivity index (χ0) is 23.5. The van der Waals surface area contributed by atoms with Crippen molar-refractivity contribution in [1.82, 2.24) is 34.0 Å². The number of anilines is 2. The number of rotatable bonds is 6. The van der Waals surface area contributed by atoms with E-state index in [-0.39, 0.29) is 11.8 Å². The lowest BCUT2D eigenvalue weighted by atomic mass is 10.1. The average molecular weight is 460 g/mol. The third-order valence-electron chi connectivity index (χ3n) is 5.80. The maximum absolute atomic E-state index is 13.1. The van der Waals surface area contributed by atoms with Gasteiger partial charge in [-0.1, -0.05) is 6.07 Å². The molecule has 174 valence electrons. The highest BCUT2D eigenvalue weighted by Crippen LogP contribution is 2.20. The third-order valence-corrected chi connectivity index (χ3v) is 5.80. The molecule has 11 heteroatoms. The quantitative estimate of drug-likeness (QED) is 0.466. The molecule has 0 aliphatic carbocycles. The van der Waals surface area contributed by atoms with Crippen LogP contribution in [0.25, 0.3) is 5.78 Å². The Hall–Kier alpha value is -4.28. The van der Waals surface area contributed by atoms with Gasteiger partial charge in [-0.05, 0) is 25.1 Å². The first kappa shape index (κ1) is 21.6. The van der Waals surface area contributed by atoms with Gasteiger partial charge < -0.3 is 19.7 Å². The molecular formula is C23H25N9O2. The molecule has 3 aromatic heterocycles. The maximum Gasteiger partial charge on any atom is 0.254 e. The second-order valence-corrected chi connectivity index (χ2v) is 8.19. The van der Waals surface area contributed by atoms with Gasteiger partial charge in [0, 0.05) is 74.5 Å². The number of amides is 2. The molecule has 1 N–H and O–H groups in total. The molecule has 0 spiro atoms. The van der Waals surface area contributed by atoms with Gasteiger partial charge in [0.25, 0.3) is 11.7 Å². The van der Waals surface area contributed by atoms with Crippen molar-refractivity contribution >= 4 is 29.1 Å². The van der Waals surface area contributed by atoms with Gasteiger partial charge in [-0.15, -0.1) is 0 Å². The van der Waals surface area contributed by atoms with Crippen molar-refractivity contribution < 1.29 is 9.59 Å². The molecule has 34 heavy (non-hydrogen) atoms. The van der Waals surface area contributed by atoms with E-state index < -0.39 is 0 Å². The van der Waals surface area contributed by atoms with Gasteiger partial charge in [0.15, 0.2) is 0 Å². The van der Waals surface area contributed by atoms with Crippen molar-refractivity contribution in [1.29, 1.82) is 0 Å². The lowest BCUT2D eigenvalue weighted by Crippen LogP contribution is -2.49. The van der Waals surface area contributed by atoms with E-state index in [4.69, 9.17) is 0 Å². The van der Waals surface area contributed by atoms with Crippen LogP contribution in [0.3, 0.4) is 0 Å². The van der Waals surface area contributed by atoms with Crippen LogP contribution in [-0.4, -0.2) is 72.0 Å². The number of nitrogens with one attached hydrogen (secondary N) is 1. The van der Waals surface area contributed by atoms with Crippen LogP contribution in [0.4, 0.5) is 11.5 Å². The van der Waals surface area contributed by atoms with E-state index in [2.05, 4.69) is 30.3 Å². The van der Waals surface area contributed by atoms with Crippen molar-refractivity contribution in [2.45, 2.75) is 19.9 Å². The van der Waals surface area contributed by atoms with Gasteiger partial charge in [-0.3, -0.25) is 9.59 Å². The van der Waals surface area contributed by atoms with Gasteiger partial charge in [-0.25, -0.2) is 9.97 Å². The van der Waals surface area contributed by atoms with Crippen LogP contribution in [0, 0.1) is 6.92 Å². The molecule has 0 atom stereocenters. The highest BCUT2D eigenvalue weighted by atomic mass is 16.2. The Morgan fingerprint density at radius 1 is 1.12 bits per heavy atom. The molecule has 0 unspecified atom stereocenters. The summed E-state index contributed by atoms with van der Waals surface area (Å²) in [5.41, 5.74) is 2.04. The summed E-state index contributed by atoms with van der Waals surface area (Å²) in [6.45, 7) is 4.99. The summed E-state index contributed by atoms with van der Waals surface area (Å²) in [6.07, 6.45) is 6.99. The van der Waals surface area contributed by atoms with Crippen LogP contribution >= 0.6 is 0 Å². The number of imidazole rings is 1. The zero-order valence-electron chi connectivity index (χ0n) is 18.8. The lowest BCUT2D eigenvalue weighted by Gasteiger charge is -2.36. The highest BCUT2D eigenvalue weighted by Gasteiger charge is 2.24. The van der Waals surface area contributed by atoms with Crippen LogP contribution in [0.2, 0.25) is 0 Å². The minimum atomic E-state index is -0.112. The molecule has 1 aromatic carbocycles. The number of hydrogen-bond acceptors (Lipinski definition) is 7. The SMILES string of the molecule is Cc1cc(N2CCN(C(=O)c3cccc(NC(=O)CCn4ccnc4)c3)CC2)n2ncnc2n1. The fourth-order valence-corrected chi connectivity index (χ4v) is 4.06. The van der Waals surface area contributed by atoms with E-state index in [0.29, 0.717) is 56.2 Å². The first-order chi connectivity index (χ1) is 16.6. The minimum Gasteiger partial charge on any atom is -0.353 e. The standard InChI is InChI=1S/C23H25N9O2/c1-17-13-21(32-23(27-17)25-15-26-32)30-9-11-31(12-10-30)22(34)18-3-2-4-19(14-18)28-20(33)5-7-29-8-6-24-16-29/h2-4,6,8,13-16H,5,7,9-12H2,1H3,(H,28,33). The molecule has 0 bridgehead atoms. The monoisotopic (exact) mass is 459 g/mol. The van der Waals surface area contributed by atoms with E-state index >= 15 is 0 Å². The number of piperazine rings is 1. The molecule has 1 fully saturated rings. The summed E-state index contributed by atoms with van der Waals surface area (Å²) in [5.74, 6) is 1.33. The first-order valence-corrected chi connectivity index (χ1v) is 11.1. The Bertz CT molecular complexity index is 1310. The summed E-state index contributed by atoms with van der Waals surface area (Å²) >= 11 is 0. The largest absolute Gasteiger partial charge is 0.353 e. The molecule has 1 saturated heterocycles. The Balaban J connectivity index is 1.20. The van der Waals surface area contributed by atoms with E-state index in [1.54, 1.807) is 41.3 Å². The maximum atomic E-state index is 13.1. The Labute approximate surface area is 196 Å². The van der Waals surface area contributed by atoms with E-state index in [0.717, 1.165) is 11.5 Å². The fourth-order valence-electron chi connectivity index (χ4n) is 4.06. The Morgan fingerprint density at radius 2 is 1.97 bits per heavy atom. The number of aryl methyl sites for hydroxylation is 2. The second-order valence-electron chi connectivity index (χ2n) is 8.19. The smallest absolute Gasteiger partial charge is 0.254 e. The topological polar surface area (TPSA) is 114 Å². The first-order valence-electron chi connectivity index (χ1n) is 11.1. The molecular weight excluding hydrogens is 434 g/mol. The number of carbonyl (C=O) groups is 2. The number of aromatic nitrogens is 6. The number of nitrogens with zero attached hydrogens (tertiary/aromatic N) is 8. The molecule has 11 nitrogen and oxygen atoms in total. The average Bonchev–Trinajstić information content (AvgIpc) is 3.54. The van der Waals surface area contributed by atoms with E-state index in [1.165, 1.54) is 6.33 Å². The van der Waals surface area contributed by atoms with Crippen molar-refractivity contribution in [3.05, 3.63) is 66.6 Å². The van der Waals surface area contributed by atoms with Crippen LogP contribution in [0.1, 0.15) is 22.5 Å². The Morgan fingerprint density at radius 3 is 2.76 bits per heavy atom. The second kappa shape index (κ2) is 9.30. The summed E-state index contributed by atoms with van der Waals surface area (Å²) in [6, 6.07) is 9.07. The molecule has 1 aliphatic heterocycles. The van der Waals surface area contributed by atoms with Crippen LogP contribution in [0.5, 0.6) is 0 Å². The molecule has 2 amide bonds. The molecule has 4 heterocycles. The van der Waals surface area contributed by atoms with Crippen LogP contribution in [0.15, 0.2) is 55.4 Å². The third kappa shape index (κ3) is 4.58. The number of hydrogen-bond donors (Lipinski definition) is 1. The molecule has 4 aromatic rings. The van der Waals surface area contributed by atoms with Gasteiger partial charge in [-0.2, -0.15) is 14.6 Å². The molecule has 0 saturated carbocycles. The number of benzene rings is 1. The van der Waals surface area contributed by atoms with Crippen LogP contribution < -0.4 is 10.2 Å². The summed E-state index contributed by atoms with van der Waals surface area (Å²) < 4.78 is 3.57. The van der Waals surface area contributed by atoms with Crippen molar-refractivity contribution in [3.8, 4) is 0 Å². The molecule has 0 radical (unpaired) electrons. The normalized spacial score (nSPS) is 13.9. The summed E-state index contributed by atoms with van der Waals surface area (Å²) in [7, 11) is 0. The minimum absolute atomic E-state index is 0.0500.